The summed E-state index contributed by atoms with van der Waals surface area (Å²) < 4.78 is 5.23. The highest BCUT2D eigenvalue weighted by Crippen LogP contribution is 2.30. The third-order valence-corrected chi connectivity index (χ3v) is 5.29. The van der Waals surface area contributed by atoms with E-state index in [0.717, 1.165) is 10.6 Å². The number of aliphatic carboxylic acids is 1. The lowest BCUT2D eigenvalue weighted by Crippen LogP contribution is -2.46. The molecule has 0 atom stereocenters. The quantitative estimate of drug-likeness (QED) is 0.868. The van der Waals surface area contributed by atoms with E-state index in [4.69, 9.17) is 4.74 Å². The maximum Gasteiger partial charge on any atom is 0.311 e. The lowest BCUT2D eigenvalue weighted by molar-refractivity contribution is -0.154. The molecule has 0 spiro atoms. The van der Waals surface area contributed by atoms with Gasteiger partial charge in [-0.3, -0.25) is 9.59 Å². The van der Waals surface area contributed by atoms with Gasteiger partial charge in [0.15, 0.2) is 0 Å². The average molecular weight is 346 g/mol. The summed E-state index contributed by atoms with van der Waals surface area (Å²) in [6, 6.07) is 9.62. The zero-order valence-corrected chi connectivity index (χ0v) is 13.8. The Kier molecular flexibility index (Phi) is 4.92. The predicted octanol–water partition coefficient (Wildman–Crippen LogP) is 2.42. The highest BCUT2D eigenvalue weighted by atomic mass is 32.1. The fourth-order valence-corrected chi connectivity index (χ4v) is 3.50. The van der Waals surface area contributed by atoms with Crippen molar-refractivity contribution in [3.05, 3.63) is 41.4 Å². The molecule has 1 aliphatic rings. The Bertz CT molecular complexity index is 723. The number of hydrogen-bond acceptors (Lipinski definition) is 5. The van der Waals surface area contributed by atoms with Gasteiger partial charge < -0.3 is 15.2 Å². The Morgan fingerprint density at radius 3 is 2.62 bits per heavy atom. The van der Waals surface area contributed by atoms with Crippen molar-refractivity contribution in [1.29, 1.82) is 0 Å². The second-order valence-corrected chi connectivity index (χ2v) is 6.81. The van der Waals surface area contributed by atoms with Gasteiger partial charge in [-0.05, 0) is 12.8 Å². The summed E-state index contributed by atoms with van der Waals surface area (Å²) in [5.74, 6) is -1.18. The minimum atomic E-state index is -0.944. The standard InChI is InChI=1S/C17H18N2O4S/c20-14(19-11-17(16(21)22)6-8-23-9-7-17)13-10-18-15(24-13)12-4-2-1-3-5-12/h1-5,10H,6-9,11H2,(H,19,20)(H,21,22). The molecule has 1 fully saturated rings. The molecule has 1 saturated heterocycles. The smallest absolute Gasteiger partial charge is 0.311 e. The van der Waals surface area contributed by atoms with Gasteiger partial charge in [0, 0.05) is 25.3 Å². The summed E-state index contributed by atoms with van der Waals surface area (Å²) in [4.78, 5) is 28.7. The normalized spacial score (nSPS) is 16.5. The molecule has 0 saturated carbocycles. The molecule has 1 aromatic heterocycles. The second kappa shape index (κ2) is 7.11. The SMILES string of the molecule is O=C(NCC1(C(=O)O)CCOCC1)c1cnc(-c2ccccc2)s1. The van der Waals surface area contributed by atoms with E-state index in [1.165, 1.54) is 17.5 Å². The Morgan fingerprint density at radius 1 is 1.25 bits per heavy atom. The fourth-order valence-electron chi connectivity index (χ4n) is 2.66. The second-order valence-electron chi connectivity index (χ2n) is 5.78. The van der Waals surface area contributed by atoms with Gasteiger partial charge >= 0.3 is 5.97 Å². The van der Waals surface area contributed by atoms with Crippen LogP contribution in [0.25, 0.3) is 10.6 Å². The molecular weight excluding hydrogens is 328 g/mol. The van der Waals surface area contributed by atoms with Crippen LogP contribution in [-0.2, 0) is 9.53 Å². The van der Waals surface area contributed by atoms with Crippen LogP contribution in [0.2, 0.25) is 0 Å². The predicted molar refractivity (Wildman–Crippen MR) is 90.0 cm³/mol. The van der Waals surface area contributed by atoms with E-state index >= 15 is 0 Å². The summed E-state index contributed by atoms with van der Waals surface area (Å²) in [5, 5.41) is 13.0. The highest BCUT2D eigenvalue weighted by Gasteiger charge is 2.40. The molecule has 3 rings (SSSR count). The van der Waals surface area contributed by atoms with Gasteiger partial charge in [-0.25, -0.2) is 4.98 Å². The van der Waals surface area contributed by atoms with E-state index in [-0.39, 0.29) is 12.5 Å². The van der Waals surface area contributed by atoms with Gasteiger partial charge in [-0.2, -0.15) is 0 Å². The number of amides is 1. The first kappa shape index (κ1) is 16.6. The number of ether oxygens (including phenoxy) is 1. The molecule has 24 heavy (non-hydrogen) atoms. The number of benzene rings is 1. The van der Waals surface area contributed by atoms with Crippen LogP contribution in [0.4, 0.5) is 0 Å². The zero-order chi connectivity index (χ0) is 17.0. The number of aromatic nitrogens is 1. The zero-order valence-electron chi connectivity index (χ0n) is 13.0. The van der Waals surface area contributed by atoms with Crippen molar-refractivity contribution in [3.63, 3.8) is 0 Å². The first-order valence-electron chi connectivity index (χ1n) is 7.71. The van der Waals surface area contributed by atoms with Crippen molar-refractivity contribution < 1.29 is 19.4 Å². The van der Waals surface area contributed by atoms with Gasteiger partial charge in [0.2, 0.25) is 0 Å². The van der Waals surface area contributed by atoms with Gasteiger partial charge in [-0.15, -0.1) is 11.3 Å². The molecule has 1 amide bonds. The molecule has 6 nitrogen and oxygen atoms in total. The summed E-state index contributed by atoms with van der Waals surface area (Å²) in [5.41, 5.74) is 0.00825. The number of carbonyl (C=O) groups excluding carboxylic acids is 1. The number of carboxylic acid groups (broad SMARTS) is 1. The van der Waals surface area contributed by atoms with Crippen LogP contribution in [-0.4, -0.2) is 41.7 Å². The molecule has 2 heterocycles. The number of nitrogens with one attached hydrogen (secondary N) is 1. The molecule has 0 bridgehead atoms. The average Bonchev–Trinajstić information content (AvgIpc) is 3.11. The molecule has 126 valence electrons. The van der Waals surface area contributed by atoms with Gasteiger partial charge in [0.1, 0.15) is 9.88 Å². The van der Waals surface area contributed by atoms with E-state index in [2.05, 4.69) is 10.3 Å². The Balaban J connectivity index is 1.67. The first-order chi connectivity index (χ1) is 11.6. The summed E-state index contributed by atoms with van der Waals surface area (Å²) in [6.07, 6.45) is 2.33. The van der Waals surface area contributed by atoms with Crippen LogP contribution in [0, 0.1) is 5.41 Å². The van der Waals surface area contributed by atoms with Crippen molar-refractivity contribution in [1.82, 2.24) is 10.3 Å². The topological polar surface area (TPSA) is 88.5 Å². The summed E-state index contributed by atoms with van der Waals surface area (Å²) in [6.45, 7) is 0.908. The van der Waals surface area contributed by atoms with Crippen LogP contribution < -0.4 is 5.32 Å². The van der Waals surface area contributed by atoms with Crippen LogP contribution in [0.15, 0.2) is 36.5 Å². The lowest BCUT2D eigenvalue weighted by atomic mass is 9.80. The molecule has 1 aromatic carbocycles. The van der Waals surface area contributed by atoms with Crippen molar-refractivity contribution in [2.24, 2.45) is 5.41 Å². The third kappa shape index (κ3) is 3.47. The van der Waals surface area contributed by atoms with E-state index in [1.54, 1.807) is 0 Å². The number of thiazole rings is 1. The molecular formula is C17H18N2O4S. The van der Waals surface area contributed by atoms with Crippen molar-refractivity contribution >= 4 is 23.2 Å². The Morgan fingerprint density at radius 2 is 1.96 bits per heavy atom. The molecule has 0 aliphatic carbocycles. The first-order valence-corrected chi connectivity index (χ1v) is 8.53. The van der Waals surface area contributed by atoms with E-state index in [9.17, 15) is 14.7 Å². The Labute approximate surface area is 143 Å². The van der Waals surface area contributed by atoms with Crippen molar-refractivity contribution in [2.45, 2.75) is 12.8 Å². The van der Waals surface area contributed by atoms with Gasteiger partial charge in [0.05, 0.1) is 11.6 Å². The van der Waals surface area contributed by atoms with Crippen LogP contribution in [0.3, 0.4) is 0 Å². The van der Waals surface area contributed by atoms with Gasteiger partial charge in [0.25, 0.3) is 5.91 Å². The highest BCUT2D eigenvalue weighted by molar-refractivity contribution is 7.16. The lowest BCUT2D eigenvalue weighted by Gasteiger charge is -2.33. The van der Waals surface area contributed by atoms with Crippen LogP contribution >= 0.6 is 11.3 Å². The maximum atomic E-state index is 12.3. The van der Waals surface area contributed by atoms with Gasteiger partial charge in [-0.1, -0.05) is 30.3 Å². The van der Waals surface area contributed by atoms with E-state index < -0.39 is 11.4 Å². The van der Waals surface area contributed by atoms with E-state index in [1.807, 2.05) is 30.3 Å². The molecule has 1 aliphatic heterocycles. The summed E-state index contributed by atoms with van der Waals surface area (Å²) >= 11 is 1.29. The van der Waals surface area contributed by atoms with Crippen LogP contribution in [0.5, 0.6) is 0 Å². The molecule has 2 aromatic rings. The van der Waals surface area contributed by atoms with Crippen LogP contribution in [0.1, 0.15) is 22.5 Å². The number of carboxylic acids is 1. The minimum Gasteiger partial charge on any atom is -0.481 e. The summed E-state index contributed by atoms with van der Waals surface area (Å²) in [7, 11) is 0. The van der Waals surface area contributed by atoms with Crippen molar-refractivity contribution in [3.8, 4) is 10.6 Å². The number of hydrogen-bond donors (Lipinski definition) is 2. The van der Waals surface area contributed by atoms with Crippen molar-refractivity contribution in [2.75, 3.05) is 19.8 Å². The fraction of sp³-hybridized carbons (Fsp3) is 0.353. The molecule has 0 radical (unpaired) electrons. The third-order valence-electron chi connectivity index (χ3n) is 4.24. The molecule has 2 N–H and O–H groups in total. The van der Waals surface area contributed by atoms with E-state index in [0.29, 0.717) is 30.9 Å². The number of carbonyl (C=O) groups is 2. The maximum absolute atomic E-state index is 12.3. The Hall–Kier alpha value is -2.25. The monoisotopic (exact) mass is 346 g/mol. The minimum absolute atomic E-state index is 0.100. The molecule has 7 heteroatoms. The molecule has 0 unspecified atom stereocenters. The number of nitrogens with zero attached hydrogens (tertiary/aromatic N) is 1. The largest absolute Gasteiger partial charge is 0.481 e. The number of rotatable bonds is 5.